The van der Waals surface area contributed by atoms with Crippen LogP contribution < -0.4 is 5.32 Å². The van der Waals surface area contributed by atoms with Gasteiger partial charge in [-0.15, -0.1) is 0 Å². The van der Waals surface area contributed by atoms with Crippen LogP contribution in [-0.4, -0.2) is 19.3 Å². The highest BCUT2D eigenvalue weighted by molar-refractivity contribution is 5.24. The summed E-state index contributed by atoms with van der Waals surface area (Å²) in [6.45, 7) is 10.0. The molecule has 2 nitrogen and oxygen atoms in total. The van der Waals surface area contributed by atoms with Crippen LogP contribution in [0.1, 0.15) is 37.9 Å². The first-order valence-electron chi connectivity index (χ1n) is 6.03. The molecule has 1 rings (SSSR count). The van der Waals surface area contributed by atoms with Crippen LogP contribution in [0.5, 0.6) is 0 Å². The number of nitrogens with one attached hydrogen (secondary N) is 1. The third-order valence-corrected chi connectivity index (χ3v) is 2.65. The summed E-state index contributed by atoms with van der Waals surface area (Å²) in [6, 6.07) is 9.38. The molecule has 0 fully saturated rings. The van der Waals surface area contributed by atoms with E-state index < -0.39 is 0 Å². The fourth-order valence-corrected chi connectivity index (χ4v) is 1.81. The summed E-state index contributed by atoms with van der Waals surface area (Å²) in [5.74, 6) is 0. The van der Waals surface area contributed by atoms with Gasteiger partial charge in [0.25, 0.3) is 0 Å². The summed E-state index contributed by atoms with van der Waals surface area (Å²) in [7, 11) is 0. The number of aryl methyl sites for hydroxylation is 1. The van der Waals surface area contributed by atoms with E-state index in [1.807, 2.05) is 6.92 Å². The van der Waals surface area contributed by atoms with Crippen molar-refractivity contribution in [2.24, 2.45) is 0 Å². The Labute approximate surface area is 99.0 Å². The summed E-state index contributed by atoms with van der Waals surface area (Å²) >= 11 is 0. The molecule has 90 valence electrons. The molecule has 0 radical (unpaired) electrons. The van der Waals surface area contributed by atoms with Crippen molar-refractivity contribution in [2.45, 2.75) is 39.8 Å². The Balaban J connectivity index is 2.48. The Morgan fingerprint density at radius 2 is 2.06 bits per heavy atom. The molecule has 1 aromatic carbocycles. The van der Waals surface area contributed by atoms with Gasteiger partial charge in [-0.05, 0) is 33.3 Å². The van der Waals surface area contributed by atoms with Gasteiger partial charge in [0.05, 0.1) is 6.61 Å². The minimum atomic E-state index is 0.371. The molecule has 1 aromatic rings. The van der Waals surface area contributed by atoms with Crippen molar-refractivity contribution < 1.29 is 4.74 Å². The van der Waals surface area contributed by atoms with Crippen molar-refractivity contribution in [2.75, 3.05) is 13.2 Å². The smallest absolute Gasteiger partial charge is 0.0616 e. The molecule has 1 unspecified atom stereocenters. The van der Waals surface area contributed by atoms with Gasteiger partial charge < -0.3 is 10.1 Å². The Morgan fingerprint density at radius 3 is 2.69 bits per heavy atom. The molecule has 2 heteroatoms. The van der Waals surface area contributed by atoms with Gasteiger partial charge in [0.1, 0.15) is 0 Å². The summed E-state index contributed by atoms with van der Waals surface area (Å²) in [6.07, 6.45) is 0. The van der Waals surface area contributed by atoms with Crippen molar-refractivity contribution in [1.29, 1.82) is 0 Å². The van der Waals surface area contributed by atoms with Crippen molar-refractivity contribution in [3.63, 3.8) is 0 Å². The second-order valence-corrected chi connectivity index (χ2v) is 4.36. The first-order valence-corrected chi connectivity index (χ1v) is 6.03. The molecule has 16 heavy (non-hydrogen) atoms. The van der Waals surface area contributed by atoms with E-state index in [4.69, 9.17) is 4.74 Å². The molecule has 0 spiro atoms. The number of benzene rings is 1. The van der Waals surface area contributed by atoms with Gasteiger partial charge >= 0.3 is 0 Å². The van der Waals surface area contributed by atoms with E-state index in [1.165, 1.54) is 11.1 Å². The lowest BCUT2D eigenvalue weighted by Crippen LogP contribution is -2.32. The molecule has 0 saturated heterocycles. The summed E-state index contributed by atoms with van der Waals surface area (Å²) in [5, 5.41) is 3.53. The molecule has 2 atom stereocenters. The minimum Gasteiger partial charge on any atom is -0.380 e. The molecular weight excluding hydrogens is 198 g/mol. The second kappa shape index (κ2) is 6.66. The molecule has 0 aliphatic carbocycles. The van der Waals surface area contributed by atoms with Crippen LogP contribution in [-0.2, 0) is 4.74 Å². The zero-order valence-electron chi connectivity index (χ0n) is 10.8. The number of rotatable bonds is 6. The highest BCUT2D eigenvalue weighted by Gasteiger charge is 2.09. The van der Waals surface area contributed by atoms with Crippen molar-refractivity contribution in [3.8, 4) is 0 Å². The van der Waals surface area contributed by atoms with E-state index >= 15 is 0 Å². The van der Waals surface area contributed by atoms with Crippen LogP contribution in [0.15, 0.2) is 24.3 Å². The maximum atomic E-state index is 5.39. The third kappa shape index (κ3) is 4.33. The van der Waals surface area contributed by atoms with Crippen molar-refractivity contribution >= 4 is 0 Å². The van der Waals surface area contributed by atoms with Crippen LogP contribution in [0.2, 0.25) is 0 Å². The predicted octanol–water partition coefficient (Wildman–Crippen LogP) is 3.07. The Hall–Kier alpha value is -0.860. The van der Waals surface area contributed by atoms with Gasteiger partial charge in [0.2, 0.25) is 0 Å². The van der Waals surface area contributed by atoms with Gasteiger partial charge in [0.15, 0.2) is 0 Å². The van der Waals surface area contributed by atoms with Gasteiger partial charge in [-0.3, -0.25) is 0 Å². The SMILES string of the molecule is CCOCC(C)N[C@H](C)c1cccc(C)c1. The fraction of sp³-hybridized carbons (Fsp3) is 0.571. The van der Waals surface area contributed by atoms with Gasteiger partial charge in [-0.25, -0.2) is 0 Å². The standard InChI is InChI=1S/C14H23NO/c1-5-16-10-12(3)15-13(4)14-8-6-7-11(2)9-14/h6-9,12-13,15H,5,10H2,1-4H3/t12?,13-/m1/s1. The van der Waals surface area contributed by atoms with Gasteiger partial charge in [-0.1, -0.05) is 29.8 Å². The molecule has 1 N–H and O–H groups in total. The van der Waals surface area contributed by atoms with Crippen LogP contribution >= 0.6 is 0 Å². The molecule has 0 bridgehead atoms. The monoisotopic (exact) mass is 221 g/mol. The van der Waals surface area contributed by atoms with E-state index in [0.29, 0.717) is 12.1 Å². The molecule has 0 heterocycles. The van der Waals surface area contributed by atoms with E-state index in [2.05, 4.69) is 50.4 Å². The average Bonchev–Trinajstić information content (AvgIpc) is 2.26. The van der Waals surface area contributed by atoms with Crippen LogP contribution in [0.25, 0.3) is 0 Å². The molecular formula is C14H23NO. The molecule has 0 aromatic heterocycles. The second-order valence-electron chi connectivity index (χ2n) is 4.36. The predicted molar refractivity (Wildman–Crippen MR) is 68.7 cm³/mol. The van der Waals surface area contributed by atoms with E-state index in [1.54, 1.807) is 0 Å². The summed E-state index contributed by atoms with van der Waals surface area (Å²) in [4.78, 5) is 0. The zero-order valence-corrected chi connectivity index (χ0v) is 10.8. The maximum absolute atomic E-state index is 5.39. The lowest BCUT2D eigenvalue weighted by atomic mass is 10.1. The molecule has 0 aliphatic rings. The first kappa shape index (κ1) is 13.2. The van der Waals surface area contributed by atoms with Gasteiger partial charge in [0, 0.05) is 18.7 Å². The first-order chi connectivity index (χ1) is 7.63. The van der Waals surface area contributed by atoms with Crippen molar-refractivity contribution in [1.82, 2.24) is 5.32 Å². The van der Waals surface area contributed by atoms with E-state index in [9.17, 15) is 0 Å². The lowest BCUT2D eigenvalue weighted by molar-refractivity contribution is 0.124. The van der Waals surface area contributed by atoms with Crippen LogP contribution in [0.4, 0.5) is 0 Å². The maximum Gasteiger partial charge on any atom is 0.0616 e. The fourth-order valence-electron chi connectivity index (χ4n) is 1.81. The zero-order chi connectivity index (χ0) is 12.0. The molecule has 0 aliphatic heterocycles. The molecule has 0 saturated carbocycles. The Kier molecular flexibility index (Phi) is 5.50. The van der Waals surface area contributed by atoms with Crippen LogP contribution in [0.3, 0.4) is 0 Å². The Bertz CT molecular complexity index is 311. The third-order valence-electron chi connectivity index (χ3n) is 2.65. The van der Waals surface area contributed by atoms with Gasteiger partial charge in [-0.2, -0.15) is 0 Å². The Morgan fingerprint density at radius 1 is 1.31 bits per heavy atom. The topological polar surface area (TPSA) is 21.3 Å². The summed E-state index contributed by atoms with van der Waals surface area (Å²) in [5.41, 5.74) is 2.65. The molecule has 0 amide bonds. The van der Waals surface area contributed by atoms with Crippen molar-refractivity contribution in [3.05, 3.63) is 35.4 Å². The van der Waals surface area contributed by atoms with E-state index in [-0.39, 0.29) is 0 Å². The quantitative estimate of drug-likeness (QED) is 0.797. The lowest BCUT2D eigenvalue weighted by Gasteiger charge is -2.20. The normalized spacial score (nSPS) is 14.8. The van der Waals surface area contributed by atoms with E-state index in [0.717, 1.165) is 13.2 Å². The average molecular weight is 221 g/mol. The summed E-state index contributed by atoms with van der Waals surface area (Å²) < 4.78 is 5.39. The minimum absolute atomic E-state index is 0.371. The van der Waals surface area contributed by atoms with Crippen LogP contribution in [0, 0.1) is 6.92 Å². The number of hydrogen-bond acceptors (Lipinski definition) is 2. The number of ether oxygens (including phenoxy) is 1. The largest absolute Gasteiger partial charge is 0.380 e. The number of hydrogen-bond donors (Lipinski definition) is 1. The highest BCUT2D eigenvalue weighted by atomic mass is 16.5. The highest BCUT2D eigenvalue weighted by Crippen LogP contribution is 2.14.